The van der Waals surface area contributed by atoms with E-state index >= 15 is 0 Å². The van der Waals surface area contributed by atoms with Crippen molar-refractivity contribution in [3.63, 3.8) is 0 Å². The van der Waals surface area contributed by atoms with Crippen LogP contribution in [0, 0.1) is 10.1 Å². The van der Waals surface area contributed by atoms with Crippen LogP contribution in [0.25, 0.3) is 0 Å². The number of amides is 1. The summed E-state index contributed by atoms with van der Waals surface area (Å²) in [7, 11) is 0. The van der Waals surface area contributed by atoms with Crippen molar-refractivity contribution in [1.82, 2.24) is 5.32 Å². The van der Waals surface area contributed by atoms with E-state index in [1.165, 1.54) is 47.8 Å². The predicted molar refractivity (Wildman–Crippen MR) is 241 cm³/mol. The smallest absolute Gasteiger partial charge is 0.269 e. The minimum Gasteiger partial charge on any atom is -0.394 e. The van der Waals surface area contributed by atoms with E-state index in [4.69, 9.17) is 62.8 Å². The van der Waals surface area contributed by atoms with Gasteiger partial charge in [-0.05, 0) is 48.5 Å². The van der Waals surface area contributed by atoms with Crippen molar-refractivity contribution in [3.8, 4) is 0 Å². The van der Waals surface area contributed by atoms with Crippen LogP contribution in [0.1, 0.15) is 43.8 Å². The average Bonchev–Trinajstić information content (AvgIpc) is 3.60. The van der Waals surface area contributed by atoms with Crippen molar-refractivity contribution in [2.45, 2.75) is 161 Å². The van der Waals surface area contributed by atoms with Gasteiger partial charge in [0.05, 0.1) is 47.6 Å². The van der Waals surface area contributed by atoms with E-state index in [0.717, 1.165) is 25.7 Å². The highest BCUT2D eigenvalue weighted by atomic mass is 32.2. The summed E-state index contributed by atoms with van der Waals surface area (Å²) in [5.74, 6) is 1.35. The Kier molecular flexibility index (Phi) is 22.1. The number of nitrogens with one attached hydrogen (secondary N) is 1. The standard InChI is InChI=1S/C40H70N8O17S2/c41-12-22-30(53)32(55)26(45)38(60-22)63-35-20(44)11-19(43)29(52)37(35)65-40-34(57)36(64-39-27(46)33(56)31(54)23(13-42)61-39)24(62-40)15-66-9-3-1-2-4-10-67-16-25(50)47-21(14-49)28(51)17-5-7-18(8-6-17)48(58)59/h5-8,19-24,26-40,49,51-57H,1-4,9-16,41-46H2,(H,47,50)/t19-,20+,21-,22-,23+,24-,26-,27-,28-,29+,30-,31-,32-,33-,34-,35-,36-,37-,38-,39-,40+/m1/s1. The molecule has 27 heteroatoms. The van der Waals surface area contributed by atoms with Crippen molar-refractivity contribution in [2.75, 3.05) is 42.7 Å². The third-order valence-corrected chi connectivity index (χ3v) is 14.6. The van der Waals surface area contributed by atoms with Gasteiger partial charge in [0.2, 0.25) is 5.91 Å². The third kappa shape index (κ3) is 14.3. The lowest BCUT2D eigenvalue weighted by Crippen LogP contribution is -2.68. The molecule has 4 fully saturated rings. The van der Waals surface area contributed by atoms with Crippen LogP contribution in [0.4, 0.5) is 5.69 Å². The van der Waals surface area contributed by atoms with Gasteiger partial charge in [0.1, 0.15) is 67.1 Å². The number of hydrogen-bond donors (Lipinski definition) is 15. The average molecular weight is 999 g/mol. The van der Waals surface area contributed by atoms with Crippen LogP contribution in [0.15, 0.2) is 24.3 Å². The number of thioether (sulfide) groups is 2. The summed E-state index contributed by atoms with van der Waals surface area (Å²) in [5, 5.41) is 99.0. The van der Waals surface area contributed by atoms with Gasteiger partial charge in [0.25, 0.3) is 5.69 Å². The summed E-state index contributed by atoms with van der Waals surface area (Å²) in [4.78, 5) is 22.9. The van der Waals surface area contributed by atoms with E-state index in [9.17, 15) is 55.8 Å². The molecule has 5 rings (SSSR count). The van der Waals surface area contributed by atoms with Crippen molar-refractivity contribution < 1.29 is 79.0 Å². The summed E-state index contributed by atoms with van der Waals surface area (Å²) < 4.78 is 36.4. The van der Waals surface area contributed by atoms with E-state index in [-0.39, 0.29) is 42.6 Å². The first kappa shape index (κ1) is 55.9. The summed E-state index contributed by atoms with van der Waals surface area (Å²) in [6.07, 6.45) is -17.3. The molecule has 384 valence electrons. The summed E-state index contributed by atoms with van der Waals surface area (Å²) in [5.41, 5.74) is 36.8. The number of hydrogen-bond acceptors (Lipinski definition) is 25. The number of benzene rings is 1. The molecular formula is C40H70N8O17S2. The maximum absolute atomic E-state index is 12.6. The minimum absolute atomic E-state index is 0.0778. The molecule has 25 nitrogen and oxygen atoms in total. The van der Waals surface area contributed by atoms with Crippen LogP contribution in [-0.4, -0.2) is 217 Å². The molecular weight excluding hydrogens is 929 g/mol. The first-order valence-electron chi connectivity index (χ1n) is 22.3. The van der Waals surface area contributed by atoms with Gasteiger partial charge in [0.15, 0.2) is 18.9 Å². The topological polar surface area (TPSA) is 446 Å². The zero-order valence-electron chi connectivity index (χ0n) is 36.9. The van der Waals surface area contributed by atoms with E-state index < -0.39 is 140 Å². The Morgan fingerprint density at radius 3 is 1.78 bits per heavy atom. The second-order valence-corrected chi connectivity index (χ2v) is 19.5. The van der Waals surface area contributed by atoms with Gasteiger partial charge in [0, 0.05) is 43.1 Å². The fourth-order valence-electron chi connectivity index (χ4n) is 8.35. The fourth-order valence-corrected chi connectivity index (χ4v) is 10.3. The van der Waals surface area contributed by atoms with E-state index in [1.807, 2.05) is 0 Å². The molecule has 3 aliphatic heterocycles. The Labute approximate surface area is 396 Å². The number of nitro groups is 1. The van der Waals surface area contributed by atoms with Crippen molar-refractivity contribution in [1.29, 1.82) is 0 Å². The molecule has 4 aliphatic rings. The second-order valence-electron chi connectivity index (χ2n) is 17.3. The van der Waals surface area contributed by atoms with Gasteiger partial charge < -0.3 is 109 Å². The van der Waals surface area contributed by atoms with Crippen LogP contribution in [0.3, 0.4) is 0 Å². The van der Waals surface area contributed by atoms with Gasteiger partial charge in [-0.1, -0.05) is 12.8 Å². The monoisotopic (exact) mass is 998 g/mol. The molecule has 1 aliphatic carbocycles. The first-order valence-corrected chi connectivity index (χ1v) is 24.6. The van der Waals surface area contributed by atoms with Crippen molar-refractivity contribution in [3.05, 3.63) is 39.9 Å². The number of carbonyl (C=O) groups is 1. The number of carbonyl (C=O) groups excluding carboxylic acids is 1. The molecule has 0 aromatic heterocycles. The quantitative estimate of drug-likeness (QED) is 0.0261. The molecule has 67 heavy (non-hydrogen) atoms. The largest absolute Gasteiger partial charge is 0.394 e. The van der Waals surface area contributed by atoms with Gasteiger partial charge in [-0.25, -0.2) is 0 Å². The van der Waals surface area contributed by atoms with E-state index in [0.29, 0.717) is 17.1 Å². The summed E-state index contributed by atoms with van der Waals surface area (Å²) >= 11 is 2.90. The summed E-state index contributed by atoms with van der Waals surface area (Å²) in [6.45, 7) is -0.881. The number of ether oxygens (including phenoxy) is 6. The van der Waals surface area contributed by atoms with Crippen LogP contribution in [-0.2, 0) is 33.2 Å². The third-order valence-electron chi connectivity index (χ3n) is 12.4. The summed E-state index contributed by atoms with van der Waals surface area (Å²) in [6, 6.07) is -0.0466. The second kappa shape index (κ2) is 26.4. The normalized spacial score (nSPS) is 38.9. The lowest BCUT2D eigenvalue weighted by atomic mass is 9.84. The number of nitrogens with two attached hydrogens (primary N) is 6. The Morgan fingerprint density at radius 1 is 0.716 bits per heavy atom. The Morgan fingerprint density at radius 2 is 1.24 bits per heavy atom. The first-order chi connectivity index (χ1) is 31.9. The fraction of sp³-hybridized carbons (Fsp3) is 0.825. The molecule has 0 unspecified atom stereocenters. The van der Waals surface area contributed by atoms with E-state index in [1.54, 1.807) is 0 Å². The number of aliphatic hydroxyl groups is 8. The highest BCUT2D eigenvalue weighted by Gasteiger charge is 2.54. The van der Waals surface area contributed by atoms with E-state index in [2.05, 4.69) is 5.32 Å². The SMILES string of the molecule is NC[C@@H]1O[C@H](O[C@H]2[C@@H](O)[C@H](O[C@@H]3[C@@H](O)[C@H](N)C[C@H](N)[C@H]3O[C@H]3O[C@H](CN)[C@@H](O)[C@H](O)[C@H]3N)O[C@@H]2CSCCCCCCSCC(=O)N[C@H](CO)[C@H](O)c2ccc([N+](=O)[O-])cc2)[C@H](N)[C@@H](O)[C@@H]1O. The minimum atomic E-state index is -1.55. The molecule has 3 heterocycles. The predicted octanol–water partition coefficient (Wildman–Crippen LogP) is -5.74. The molecule has 0 spiro atoms. The molecule has 21 atom stereocenters. The molecule has 1 saturated carbocycles. The number of rotatable bonds is 24. The number of aliphatic hydroxyl groups excluding tert-OH is 8. The Bertz CT molecular complexity index is 1670. The molecule has 0 bridgehead atoms. The zero-order chi connectivity index (χ0) is 49.1. The maximum atomic E-state index is 12.6. The van der Waals surface area contributed by atoms with Crippen molar-refractivity contribution in [2.24, 2.45) is 34.4 Å². The zero-order valence-corrected chi connectivity index (χ0v) is 38.5. The van der Waals surface area contributed by atoms with Gasteiger partial charge >= 0.3 is 0 Å². The Balaban J connectivity index is 1.13. The molecule has 3 saturated heterocycles. The molecule has 1 aromatic rings. The molecule has 0 radical (unpaired) electrons. The van der Waals surface area contributed by atoms with Crippen LogP contribution >= 0.6 is 23.5 Å². The number of nitrogens with zero attached hydrogens (tertiary/aromatic N) is 1. The number of nitro benzene ring substituents is 1. The van der Waals surface area contributed by atoms with Crippen LogP contribution < -0.4 is 39.7 Å². The highest BCUT2D eigenvalue weighted by Crippen LogP contribution is 2.35. The maximum Gasteiger partial charge on any atom is 0.269 e. The molecule has 21 N–H and O–H groups in total. The molecule has 1 amide bonds. The highest BCUT2D eigenvalue weighted by molar-refractivity contribution is 8.00. The van der Waals surface area contributed by atoms with Gasteiger partial charge in [-0.15, -0.1) is 0 Å². The Hall–Kier alpha value is -2.01. The van der Waals surface area contributed by atoms with Gasteiger partial charge in [-0.2, -0.15) is 23.5 Å². The number of non-ortho nitro benzene ring substituents is 1. The van der Waals surface area contributed by atoms with Crippen LogP contribution in [0.2, 0.25) is 0 Å². The molecule has 1 aromatic carbocycles. The number of unbranched alkanes of at least 4 members (excludes halogenated alkanes) is 3. The lowest BCUT2D eigenvalue weighted by molar-refractivity contribution is -0.384. The lowest BCUT2D eigenvalue weighted by Gasteiger charge is -2.47. The van der Waals surface area contributed by atoms with Crippen LogP contribution in [0.5, 0.6) is 0 Å². The van der Waals surface area contributed by atoms with Crippen molar-refractivity contribution >= 4 is 35.1 Å². The van der Waals surface area contributed by atoms with Gasteiger partial charge in [-0.3, -0.25) is 14.9 Å².